The van der Waals surface area contributed by atoms with Gasteiger partial charge in [-0.15, -0.1) is 11.3 Å². The molecule has 0 aliphatic heterocycles. The van der Waals surface area contributed by atoms with Crippen molar-refractivity contribution >= 4 is 34.1 Å². The molecule has 3 heterocycles. The van der Waals surface area contributed by atoms with E-state index in [1.54, 1.807) is 17.9 Å². The van der Waals surface area contributed by atoms with Crippen molar-refractivity contribution in [3.8, 4) is 0 Å². The molecule has 0 bridgehead atoms. The number of aliphatic imine (C=N–C) groups is 1. The Morgan fingerprint density at radius 2 is 2.00 bits per heavy atom. The largest absolute Gasteiger partial charge is 0.434 e. The number of aryl methyl sites for hydroxylation is 1. The minimum Gasteiger partial charge on any atom is -0.368 e. The van der Waals surface area contributed by atoms with Crippen LogP contribution in [0.3, 0.4) is 0 Å². The summed E-state index contributed by atoms with van der Waals surface area (Å²) in [6, 6.07) is 0. The molecule has 9 nitrogen and oxygen atoms in total. The quantitative estimate of drug-likeness (QED) is 0.299. The highest BCUT2D eigenvalue weighted by atomic mass is 32.1. The van der Waals surface area contributed by atoms with Crippen LogP contribution in [0.2, 0.25) is 0 Å². The van der Waals surface area contributed by atoms with Gasteiger partial charge >= 0.3 is 6.18 Å². The average molecular weight is 427 g/mol. The minimum absolute atomic E-state index is 0.375. The Hall–Kier alpha value is -2.96. The Labute approximate surface area is 168 Å². The molecule has 0 saturated carbocycles. The van der Waals surface area contributed by atoms with Gasteiger partial charge in [0.1, 0.15) is 12.1 Å². The van der Waals surface area contributed by atoms with Crippen molar-refractivity contribution in [2.75, 3.05) is 32.0 Å². The van der Waals surface area contributed by atoms with Crippen LogP contribution in [0.25, 0.3) is 11.0 Å². The smallest absolute Gasteiger partial charge is 0.368 e. The molecule has 0 unspecified atom stereocenters. The summed E-state index contributed by atoms with van der Waals surface area (Å²) in [7, 11) is 3.43. The van der Waals surface area contributed by atoms with Crippen LogP contribution in [0.15, 0.2) is 22.9 Å². The van der Waals surface area contributed by atoms with E-state index in [9.17, 15) is 13.2 Å². The first kappa shape index (κ1) is 20.8. The minimum atomic E-state index is -4.40. The van der Waals surface area contributed by atoms with Crippen molar-refractivity contribution in [1.82, 2.24) is 35.4 Å². The molecule has 0 atom stereocenters. The lowest BCUT2D eigenvalue weighted by molar-refractivity contribution is -0.140. The third-order valence-corrected chi connectivity index (χ3v) is 4.85. The summed E-state index contributed by atoms with van der Waals surface area (Å²) in [5.41, 5.74) is -0.109. The highest BCUT2D eigenvalue weighted by Gasteiger charge is 2.33. The van der Waals surface area contributed by atoms with E-state index in [2.05, 4.69) is 41.0 Å². The maximum absolute atomic E-state index is 12.6. The van der Waals surface area contributed by atoms with Gasteiger partial charge in [0.2, 0.25) is 0 Å². The summed E-state index contributed by atoms with van der Waals surface area (Å²) >= 11 is 0.997. The molecule has 0 radical (unpaired) electrons. The first-order chi connectivity index (χ1) is 13.9. The number of fused-ring (bicyclic) bond motifs is 1. The average Bonchev–Trinajstić information content (AvgIpc) is 3.31. The zero-order valence-electron chi connectivity index (χ0n) is 15.8. The number of hydrogen-bond acceptors (Lipinski definition) is 7. The molecule has 3 aromatic rings. The third kappa shape index (κ3) is 5.31. The third-order valence-electron chi connectivity index (χ3n) is 3.94. The number of thiazole rings is 1. The molecule has 156 valence electrons. The molecule has 0 saturated heterocycles. The molecular weight excluding hydrogens is 407 g/mol. The van der Waals surface area contributed by atoms with Crippen molar-refractivity contribution < 1.29 is 13.2 Å². The summed E-state index contributed by atoms with van der Waals surface area (Å²) in [5.74, 6) is 1.24. The number of guanidine groups is 1. The molecule has 0 amide bonds. The first-order valence-electron chi connectivity index (χ1n) is 8.71. The van der Waals surface area contributed by atoms with Crippen molar-refractivity contribution in [2.24, 2.45) is 12.0 Å². The van der Waals surface area contributed by atoms with E-state index >= 15 is 0 Å². The topological polar surface area (TPSA) is 105 Å². The summed E-state index contributed by atoms with van der Waals surface area (Å²) in [6.45, 7) is 1.55. The molecular formula is C16H20F3N9S. The van der Waals surface area contributed by atoms with Gasteiger partial charge in [0.15, 0.2) is 17.3 Å². The van der Waals surface area contributed by atoms with Gasteiger partial charge < -0.3 is 16.0 Å². The van der Waals surface area contributed by atoms with Crippen LogP contribution in [0, 0.1) is 0 Å². The van der Waals surface area contributed by atoms with E-state index in [0.717, 1.165) is 27.8 Å². The van der Waals surface area contributed by atoms with E-state index in [1.165, 1.54) is 6.33 Å². The van der Waals surface area contributed by atoms with E-state index in [4.69, 9.17) is 0 Å². The zero-order chi connectivity index (χ0) is 20.9. The molecule has 3 N–H and O–H groups in total. The summed E-state index contributed by atoms with van der Waals surface area (Å²) in [5, 5.41) is 15.8. The van der Waals surface area contributed by atoms with Crippen molar-refractivity contribution in [3.05, 3.63) is 28.6 Å². The number of halogens is 3. The Morgan fingerprint density at radius 3 is 2.72 bits per heavy atom. The van der Waals surface area contributed by atoms with Crippen LogP contribution in [-0.2, 0) is 19.6 Å². The van der Waals surface area contributed by atoms with Gasteiger partial charge in [0.25, 0.3) is 0 Å². The van der Waals surface area contributed by atoms with Gasteiger partial charge in [-0.3, -0.25) is 9.67 Å². The SMILES string of the molecule is CN=C(NCCNc1ncnc2c1cnn2C)NCCc1nc(C(F)(F)F)cs1. The number of alkyl halides is 3. The van der Waals surface area contributed by atoms with Crippen molar-refractivity contribution in [2.45, 2.75) is 12.6 Å². The van der Waals surface area contributed by atoms with E-state index in [1.807, 2.05) is 7.05 Å². The lowest BCUT2D eigenvalue weighted by atomic mass is 10.4. The summed E-state index contributed by atoms with van der Waals surface area (Å²) in [4.78, 5) is 16.1. The Bertz CT molecular complexity index is 980. The summed E-state index contributed by atoms with van der Waals surface area (Å²) < 4.78 is 39.4. The van der Waals surface area contributed by atoms with Crippen LogP contribution < -0.4 is 16.0 Å². The molecule has 0 aliphatic rings. The van der Waals surface area contributed by atoms with Gasteiger partial charge in [0, 0.05) is 45.5 Å². The molecule has 13 heteroatoms. The Kier molecular flexibility index (Phi) is 6.46. The number of rotatable bonds is 7. The molecule has 0 aromatic carbocycles. The molecule has 0 aliphatic carbocycles. The predicted octanol–water partition coefficient (Wildman–Crippen LogP) is 1.66. The fourth-order valence-corrected chi connectivity index (χ4v) is 3.33. The van der Waals surface area contributed by atoms with E-state index in [-0.39, 0.29) is 0 Å². The second-order valence-electron chi connectivity index (χ2n) is 5.95. The van der Waals surface area contributed by atoms with Crippen molar-refractivity contribution in [3.63, 3.8) is 0 Å². The van der Waals surface area contributed by atoms with Crippen LogP contribution in [0.5, 0.6) is 0 Å². The number of aromatic nitrogens is 5. The van der Waals surface area contributed by atoms with E-state index in [0.29, 0.717) is 42.8 Å². The van der Waals surface area contributed by atoms with Crippen LogP contribution in [-0.4, -0.2) is 57.4 Å². The second-order valence-corrected chi connectivity index (χ2v) is 6.90. The fourth-order valence-electron chi connectivity index (χ4n) is 2.53. The molecule has 0 fully saturated rings. The lowest BCUT2D eigenvalue weighted by Crippen LogP contribution is -2.40. The number of nitrogens with zero attached hydrogens (tertiary/aromatic N) is 6. The maximum Gasteiger partial charge on any atom is 0.434 e. The molecule has 29 heavy (non-hydrogen) atoms. The molecule has 0 spiro atoms. The Balaban J connectivity index is 1.41. The van der Waals surface area contributed by atoms with Gasteiger partial charge in [-0.25, -0.2) is 15.0 Å². The summed E-state index contributed by atoms with van der Waals surface area (Å²) in [6.07, 6.45) is -0.852. The maximum atomic E-state index is 12.6. The molecule has 3 aromatic heterocycles. The Morgan fingerprint density at radius 1 is 1.21 bits per heavy atom. The van der Waals surface area contributed by atoms with Gasteiger partial charge in [-0.1, -0.05) is 0 Å². The fraction of sp³-hybridized carbons (Fsp3) is 0.438. The standard InChI is InChI=1S/C16H20F3N9S/c1-20-15(22-4-3-12-27-11(8-29-12)16(17,18)19)23-6-5-21-13-10-7-26-28(2)14(10)25-9-24-13/h7-9H,3-6H2,1-2H3,(H2,20,22,23)(H,21,24,25). The first-order valence-corrected chi connectivity index (χ1v) is 9.59. The number of anilines is 1. The number of nitrogens with one attached hydrogen (secondary N) is 3. The van der Waals surface area contributed by atoms with Gasteiger partial charge in [0.05, 0.1) is 16.6 Å². The van der Waals surface area contributed by atoms with Crippen LogP contribution >= 0.6 is 11.3 Å². The van der Waals surface area contributed by atoms with E-state index < -0.39 is 11.9 Å². The van der Waals surface area contributed by atoms with Crippen molar-refractivity contribution in [1.29, 1.82) is 0 Å². The second kappa shape index (κ2) is 9.03. The van der Waals surface area contributed by atoms with Gasteiger partial charge in [-0.2, -0.15) is 18.3 Å². The highest BCUT2D eigenvalue weighted by molar-refractivity contribution is 7.09. The predicted molar refractivity (Wildman–Crippen MR) is 105 cm³/mol. The number of hydrogen-bond donors (Lipinski definition) is 3. The monoisotopic (exact) mass is 427 g/mol. The van der Waals surface area contributed by atoms with Crippen LogP contribution in [0.1, 0.15) is 10.7 Å². The highest BCUT2D eigenvalue weighted by Crippen LogP contribution is 2.30. The van der Waals surface area contributed by atoms with Crippen LogP contribution in [0.4, 0.5) is 19.0 Å². The zero-order valence-corrected chi connectivity index (χ0v) is 16.6. The normalized spacial score (nSPS) is 12.4. The lowest BCUT2D eigenvalue weighted by Gasteiger charge is -2.12. The van der Waals surface area contributed by atoms with Gasteiger partial charge in [-0.05, 0) is 0 Å². The molecule has 3 rings (SSSR count).